The van der Waals surface area contributed by atoms with Gasteiger partial charge in [-0.15, -0.1) is 10.2 Å². The molecule has 1 saturated heterocycles. The molecule has 0 atom stereocenters. The van der Waals surface area contributed by atoms with E-state index < -0.39 is 0 Å². The van der Waals surface area contributed by atoms with Crippen LogP contribution in [0.2, 0.25) is 0 Å². The molecule has 32 heavy (non-hydrogen) atoms. The third-order valence-electron chi connectivity index (χ3n) is 6.25. The van der Waals surface area contributed by atoms with Crippen LogP contribution >= 0.6 is 0 Å². The molecular weight excluding hydrogens is 400 g/mol. The van der Waals surface area contributed by atoms with E-state index in [2.05, 4.69) is 92.3 Å². The summed E-state index contributed by atoms with van der Waals surface area (Å²) in [5.41, 5.74) is 5.84. The maximum absolute atomic E-state index is 4.85. The highest BCUT2D eigenvalue weighted by Crippen LogP contribution is 2.31. The van der Waals surface area contributed by atoms with Crippen LogP contribution in [0.5, 0.6) is 0 Å². The zero-order chi connectivity index (χ0) is 22.1. The number of nitrogens with one attached hydrogen (secondary N) is 1. The van der Waals surface area contributed by atoms with Gasteiger partial charge in [-0.2, -0.15) is 5.21 Å². The lowest BCUT2D eigenvalue weighted by Crippen LogP contribution is -2.46. The molecule has 2 aromatic carbocycles. The Morgan fingerprint density at radius 1 is 1.03 bits per heavy atom. The van der Waals surface area contributed by atoms with Gasteiger partial charge < -0.3 is 9.47 Å². The summed E-state index contributed by atoms with van der Waals surface area (Å²) in [6, 6.07) is 15.0. The molecule has 0 aliphatic carbocycles. The van der Waals surface area contributed by atoms with Crippen LogP contribution in [0, 0.1) is 5.92 Å². The van der Waals surface area contributed by atoms with E-state index in [1.807, 2.05) is 6.07 Å². The molecule has 0 radical (unpaired) electrons. The topological polar surface area (TPSA) is 78.8 Å². The van der Waals surface area contributed by atoms with Crippen LogP contribution in [0.3, 0.4) is 0 Å². The van der Waals surface area contributed by atoms with Crippen LogP contribution in [0.1, 0.15) is 25.2 Å². The second-order valence-corrected chi connectivity index (χ2v) is 9.02. The number of imidazole rings is 1. The number of hydrogen-bond donors (Lipinski definition) is 1. The maximum Gasteiger partial charge on any atom is 0.206 e. The molecular formula is C24H30N8. The van der Waals surface area contributed by atoms with Gasteiger partial charge in [0.15, 0.2) is 0 Å². The summed E-state index contributed by atoms with van der Waals surface area (Å²) >= 11 is 0. The molecule has 166 valence electrons. The number of tetrazole rings is 1. The fourth-order valence-electron chi connectivity index (χ4n) is 4.59. The van der Waals surface area contributed by atoms with Crippen molar-refractivity contribution in [3.63, 3.8) is 0 Å². The molecule has 8 heteroatoms. The number of para-hydroxylation sites is 2. The number of anilines is 1. The van der Waals surface area contributed by atoms with E-state index >= 15 is 0 Å². The average Bonchev–Trinajstić information content (AvgIpc) is 3.43. The van der Waals surface area contributed by atoms with Gasteiger partial charge in [0.05, 0.1) is 17.6 Å². The Hall–Kier alpha value is -3.26. The van der Waals surface area contributed by atoms with Crippen LogP contribution in [0.25, 0.3) is 22.4 Å². The Morgan fingerprint density at radius 2 is 1.84 bits per heavy atom. The summed E-state index contributed by atoms with van der Waals surface area (Å²) in [6.07, 6.45) is 1.06. The van der Waals surface area contributed by atoms with Crippen molar-refractivity contribution < 1.29 is 0 Å². The van der Waals surface area contributed by atoms with Crippen molar-refractivity contribution in [3.8, 4) is 11.4 Å². The van der Waals surface area contributed by atoms with Gasteiger partial charge in [-0.1, -0.05) is 32.0 Å². The van der Waals surface area contributed by atoms with Crippen molar-refractivity contribution in [2.45, 2.75) is 26.8 Å². The highest BCUT2D eigenvalue weighted by molar-refractivity contribution is 5.76. The van der Waals surface area contributed by atoms with Crippen molar-refractivity contribution in [3.05, 3.63) is 53.9 Å². The fraction of sp³-hybridized carbons (Fsp3) is 0.417. The van der Waals surface area contributed by atoms with Crippen molar-refractivity contribution in [1.82, 2.24) is 35.1 Å². The zero-order valence-corrected chi connectivity index (χ0v) is 19.0. The Balaban J connectivity index is 1.33. The summed E-state index contributed by atoms with van der Waals surface area (Å²) in [5.74, 6) is 2.38. The number of aromatic amines is 1. The molecule has 0 amide bonds. The molecule has 0 saturated carbocycles. The number of piperazine rings is 1. The number of benzene rings is 2. The predicted molar refractivity (Wildman–Crippen MR) is 126 cm³/mol. The zero-order valence-electron chi connectivity index (χ0n) is 19.0. The minimum Gasteiger partial charge on any atom is -0.368 e. The van der Waals surface area contributed by atoms with E-state index in [0.29, 0.717) is 11.7 Å². The number of fused-ring (bicyclic) bond motifs is 1. The molecule has 0 spiro atoms. The van der Waals surface area contributed by atoms with E-state index in [1.54, 1.807) is 0 Å². The number of rotatable bonds is 6. The van der Waals surface area contributed by atoms with Gasteiger partial charge in [-0.25, -0.2) is 4.98 Å². The van der Waals surface area contributed by atoms with Gasteiger partial charge in [-0.05, 0) is 47.4 Å². The summed E-state index contributed by atoms with van der Waals surface area (Å²) in [5, 5.41) is 14.8. The van der Waals surface area contributed by atoms with E-state index in [4.69, 9.17) is 4.98 Å². The quantitative estimate of drug-likeness (QED) is 0.506. The molecule has 8 nitrogen and oxygen atoms in total. The van der Waals surface area contributed by atoms with Gasteiger partial charge in [0.2, 0.25) is 5.82 Å². The molecule has 5 rings (SSSR count). The molecule has 1 aliphatic heterocycles. The number of hydrogen-bond acceptors (Lipinski definition) is 6. The second kappa shape index (κ2) is 8.70. The molecule has 1 aliphatic rings. The lowest BCUT2D eigenvalue weighted by molar-refractivity contribution is 0.242. The third-order valence-corrected chi connectivity index (χ3v) is 6.25. The first-order valence-corrected chi connectivity index (χ1v) is 11.3. The highest BCUT2D eigenvalue weighted by Gasteiger charge is 2.23. The Morgan fingerprint density at radius 3 is 2.56 bits per heavy atom. The van der Waals surface area contributed by atoms with Gasteiger partial charge in [-0.3, -0.25) is 4.90 Å². The van der Waals surface area contributed by atoms with E-state index in [1.165, 1.54) is 16.8 Å². The summed E-state index contributed by atoms with van der Waals surface area (Å²) in [4.78, 5) is 9.80. The molecule has 1 fully saturated rings. The highest BCUT2D eigenvalue weighted by atomic mass is 15.5. The fourth-order valence-corrected chi connectivity index (χ4v) is 4.59. The number of aromatic nitrogens is 6. The van der Waals surface area contributed by atoms with Gasteiger partial charge in [0.25, 0.3) is 0 Å². The first-order valence-electron chi connectivity index (χ1n) is 11.3. The molecule has 4 aromatic rings. The van der Waals surface area contributed by atoms with Crippen molar-refractivity contribution in [1.29, 1.82) is 0 Å². The van der Waals surface area contributed by atoms with Crippen LogP contribution < -0.4 is 4.90 Å². The van der Waals surface area contributed by atoms with Gasteiger partial charge in [0, 0.05) is 44.5 Å². The minimum absolute atomic E-state index is 0.615. The normalized spacial score (nSPS) is 15.2. The molecule has 1 N–H and O–H groups in total. The number of aryl methyl sites for hydroxylation is 1. The van der Waals surface area contributed by atoms with E-state index in [0.717, 1.165) is 56.0 Å². The number of H-pyrrole nitrogens is 1. The van der Waals surface area contributed by atoms with Crippen molar-refractivity contribution in [2.75, 3.05) is 31.1 Å². The van der Waals surface area contributed by atoms with Gasteiger partial charge in [0.1, 0.15) is 5.82 Å². The maximum atomic E-state index is 4.85. The third kappa shape index (κ3) is 4.10. The smallest absolute Gasteiger partial charge is 0.206 e. The van der Waals surface area contributed by atoms with Crippen LogP contribution in [0.15, 0.2) is 42.5 Å². The first kappa shape index (κ1) is 20.6. The summed E-state index contributed by atoms with van der Waals surface area (Å²) in [6.45, 7) is 9.27. The SMILES string of the molecule is CC(C)Cc1ccc(-c2nn[nH]n2)c(N2CCN(Cc3nc4ccccc4n3C)CC2)c1. The summed E-state index contributed by atoms with van der Waals surface area (Å²) in [7, 11) is 2.11. The molecule has 0 bridgehead atoms. The van der Waals surface area contributed by atoms with Crippen molar-refractivity contribution >= 4 is 16.7 Å². The van der Waals surface area contributed by atoms with Crippen molar-refractivity contribution in [2.24, 2.45) is 13.0 Å². The Bertz CT molecular complexity index is 1190. The Labute approximate surface area is 188 Å². The van der Waals surface area contributed by atoms with E-state index in [9.17, 15) is 0 Å². The summed E-state index contributed by atoms with van der Waals surface area (Å²) < 4.78 is 2.21. The monoisotopic (exact) mass is 430 g/mol. The molecule has 2 aromatic heterocycles. The lowest BCUT2D eigenvalue weighted by atomic mass is 9.99. The number of nitrogens with zero attached hydrogens (tertiary/aromatic N) is 7. The lowest BCUT2D eigenvalue weighted by Gasteiger charge is -2.36. The van der Waals surface area contributed by atoms with Crippen LogP contribution in [-0.4, -0.2) is 61.3 Å². The molecule has 3 heterocycles. The Kier molecular flexibility index (Phi) is 5.61. The predicted octanol–water partition coefficient (Wildman–Crippen LogP) is 3.27. The second-order valence-electron chi connectivity index (χ2n) is 9.02. The van der Waals surface area contributed by atoms with Crippen LogP contribution in [-0.2, 0) is 20.0 Å². The largest absolute Gasteiger partial charge is 0.368 e. The van der Waals surface area contributed by atoms with Gasteiger partial charge >= 0.3 is 0 Å². The first-order chi connectivity index (χ1) is 15.6. The van der Waals surface area contributed by atoms with E-state index in [-0.39, 0.29) is 0 Å². The average molecular weight is 431 g/mol. The molecule has 0 unspecified atom stereocenters. The van der Waals surface area contributed by atoms with Crippen LogP contribution in [0.4, 0.5) is 5.69 Å². The minimum atomic E-state index is 0.615. The standard InChI is InChI=1S/C24H30N8/c1-17(2)14-18-8-9-19(24-26-28-29-27-24)22(15-18)32-12-10-31(11-13-32)16-23-25-20-6-4-5-7-21(20)30(23)3/h4-9,15,17H,10-14,16H2,1-3H3,(H,26,27,28,29).